The van der Waals surface area contributed by atoms with Crippen molar-refractivity contribution in [3.63, 3.8) is 0 Å². The molecule has 0 aromatic carbocycles. The molecule has 2 atom stereocenters. The van der Waals surface area contributed by atoms with E-state index in [4.69, 9.17) is 0 Å². The predicted octanol–water partition coefficient (Wildman–Crippen LogP) is 4.64. The maximum Gasteiger partial charge on any atom is 0.311 e. The number of carboxylic acid groups (broad SMARTS) is 2. The summed E-state index contributed by atoms with van der Waals surface area (Å²) in [5.41, 5.74) is -2.38. The first-order chi connectivity index (χ1) is 10.4. The van der Waals surface area contributed by atoms with Gasteiger partial charge in [0, 0.05) is 0 Å². The topological polar surface area (TPSA) is 74.6 Å². The molecule has 0 aliphatic heterocycles. The summed E-state index contributed by atoms with van der Waals surface area (Å²) in [5, 5.41) is 19.3. The van der Waals surface area contributed by atoms with Crippen molar-refractivity contribution < 1.29 is 19.8 Å². The molecule has 0 bridgehead atoms. The first-order valence-electron chi connectivity index (χ1n) is 8.52. The highest BCUT2D eigenvalue weighted by Gasteiger charge is 2.57. The molecule has 0 fully saturated rings. The Morgan fingerprint density at radius 1 is 0.909 bits per heavy atom. The normalized spacial score (nSPS) is 27.7. The SMILES string of the molecule is CCCCCCCCCC1(C(=O)O)CC=CCC1(C)C(=O)O. The number of hydrogen-bond acceptors (Lipinski definition) is 2. The Hall–Kier alpha value is -1.32. The zero-order valence-electron chi connectivity index (χ0n) is 13.9. The molecule has 126 valence electrons. The Bertz CT molecular complexity index is 415. The van der Waals surface area contributed by atoms with Crippen LogP contribution in [0.25, 0.3) is 0 Å². The predicted molar refractivity (Wildman–Crippen MR) is 86.8 cm³/mol. The third-order valence-corrected chi connectivity index (χ3v) is 5.30. The number of aliphatic carboxylic acids is 2. The smallest absolute Gasteiger partial charge is 0.311 e. The molecule has 22 heavy (non-hydrogen) atoms. The van der Waals surface area contributed by atoms with E-state index < -0.39 is 22.8 Å². The summed E-state index contributed by atoms with van der Waals surface area (Å²) in [6.07, 6.45) is 12.5. The van der Waals surface area contributed by atoms with Crippen LogP contribution >= 0.6 is 0 Å². The van der Waals surface area contributed by atoms with Gasteiger partial charge in [0.05, 0.1) is 10.8 Å². The average Bonchev–Trinajstić information content (AvgIpc) is 2.47. The summed E-state index contributed by atoms with van der Waals surface area (Å²) in [6, 6.07) is 0. The second-order valence-corrected chi connectivity index (χ2v) is 6.78. The second-order valence-electron chi connectivity index (χ2n) is 6.78. The van der Waals surface area contributed by atoms with Crippen LogP contribution in [-0.4, -0.2) is 22.2 Å². The van der Waals surface area contributed by atoms with Crippen LogP contribution in [0.3, 0.4) is 0 Å². The lowest BCUT2D eigenvalue weighted by atomic mass is 9.56. The van der Waals surface area contributed by atoms with Gasteiger partial charge in [-0.05, 0) is 26.2 Å². The molecule has 0 amide bonds. The highest BCUT2D eigenvalue weighted by atomic mass is 16.4. The minimum atomic E-state index is -1.21. The summed E-state index contributed by atoms with van der Waals surface area (Å²) < 4.78 is 0. The van der Waals surface area contributed by atoms with Crippen LogP contribution < -0.4 is 0 Å². The van der Waals surface area contributed by atoms with E-state index in [9.17, 15) is 19.8 Å². The number of unbranched alkanes of at least 4 members (excludes halogenated alkanes) is 6. The van der Waals surface area contributed by atoms with Crippen molar-refractivity contribution in [3.05, 3.63) is 12.2 Å². The van der Waals surface area contributed by atoms with Gasteiger partial charge < -0.3 is 10.2 Å². The summed E-state index contributed by atoms with van der Waals surface area (Å²) in [7, 11) is 0. The third kappa shape index (κ3) is 3.90. The maximum absolute atomic E-state index is 11.9. The molecular formula is C18H30O4. The van der Waals surface area contributed by atoms with Crippen molar-refractivity contribution >= 4 is 11.9 Å². The minimum absolute atomic E-state index is 0.297. The van der Waals surface area contributed by atoms with Gasteiger partial charge >= 0.3 is 11.9 Å². The lowest BCUT2D eigenvalue weighted by molar-refractivity contribution is -0.174. The van der Waals surface area contributed by atoms with E-state index in [1.54, 1.807) is 13.0 Å². The quantitative estimate of drug-likeness (QED) is 0.455. The molecule has 0 saturated heterocycles. The van der Waals surface area contributed by atoms with Gasteiger partial charge in [-0.3, -0.25) is 9.59 Å². The fourth-order valence-corrected chi connectivity index (χ4v) is 3.51. The van der Waals surface area contributed by atoms with Gasteiger partial charge in [0.1, 0.15) is 0 Å². The number of rotatable bonds is 10. The van der Waals surface area contributed by atoms with E-state index in [0.717, 1.165) is 19.3 Å². The number of carboxylic acids is 2. The van der Waals surface area contributed by atoms with Crippen molar-refractivity contribution in [1.29, 1.82) is 0 Å². The van der Waals surface area contributed by atoms with Gasteiger partial charge in [-0.1, -0.05) is 64.0 Å². The molecule has 1 aliphatic carbocycles. The fraction of sp³-hybridized carbons (Fsp3) is 0.778. The number of hydrogen-bond donors (Lipinski definition) is 2. The van der Waals surface area contributed by atoms with E-state index in [2.05, 4.69) is 6.92 Å². The van der Waals surface area contributed by atoms with Gasteiger partial charge in [0.2, 0.25) is 0 Å². The Morgan fingerprint density at radius 2 is 1.45 bits per heavy atom. The van der Waals surface area contributed by atoms with Crippen molar-refractivity contribution in [1.82, 2.24) is 0 Å². The van der Waals surface area contributed by atoms with Crippen LogP contribution in [0.4, 0.5) is 0 Å². The van der Waals surface area contributed by atoms with Gasteiger partial charge in [0.15, 0.2) is 0 Å². The summed E-state index contributed by atoms with van der Waals surface area (Å²) in [5.74, 6) is -1.96. The Morgan fingerprint density at radius 3 is 2.00 bits per heavy atom. The molecule has 0 aromatic heterocycles. The molecule has 2 N–H and O–H groups in total. The lowest BCUT2D eigenvalue weighted by Gasteiger charge is -2.44. The molecular weight excluding hydrogens is 280 g/mol. The van der Waals surface area contributed by atoms with Gasteiger partial charge in [0.25, 0.3) is 0 Å². The van der Waals surface area contributed by atoms with E-state index in [0.29, 0.717) is 19.3 Å². The molecule has 1 rings (SSSR count). The monoisotopic (exact) mass is 310 g/mol. The zero-order valence-corrected chi connectivity index (χ0v) is 13.9. The van der Waals surface area contributed by atoms with Crippen molar-refractivity contribution in [3.8, 4) is 0 Å². The molecule has 2 unspecified atom stereocenters. The lowest BCUT2D eigenvalue weighted by Crippen LogP contribution is -2.51. The van der Waals surface area contributed by atoms with E-state index in [-0.39, 0.29) is 0 Å². The average molecular weight is 310 g/mol. The zero-order chi connectivity index (χ0) is 16.6. The Labute approximate surface area is 133 Å². The first kappa shape index (κ1) is 18.7. The van der Waals surface area contributed by atoms with Crippen molar-refractivity contribution in [2.24, 2.45) is 10.8 Å². The summed E-state index contributed by atoms with van der Waals surface area (Å²) >= 11 is 0. The van der Waals surface area contributed by atoms with Crippen molar-refractivity contribution in [2.75, 3.05) is 0 Å². The number of allylic oxidation sites excluding steroid dienone is 2. The largest absolute Gasteiger partial charge is 0.481 e. The molecule has 0 spiro atoms. The molecule has 0 heterocycles. The van der Waals surface area contributed by atoms with Crippen LogP contribution in [0.1, 0.15) is 78.1 Å². The van der Waals surface area contributed by atoms with E-state index >= 15 is 0 Å². The Kier molecular flexibility index (Phi) is 7.11. The van der Waals surface area contributed by atoms with Gasteiger partial charge in [-0.15, -0.1) is 0 Å². The Balaban J connectivity index is 2.65. The second kappa shape index (κ2) is 8.35. The van der Waals surface area contributed by atoms with E-state index in [1.807, 2.05) is 6.08 Å². The highest BCUT2D eigenvalue weighted by Crippen LogP contribution is 2.52. The van der Waals surface area contributed by atoms with E-state index in [1.165, 1.54) is 25.7 Å². The molecule has 4 heteroatoms. The summed E-state index contributed by atoms with van der Waals surface area (Å²) in [4.78, 5) is 23.6. The maximum atomic E-state index is 11.9. The molecule has 0 aromatic rings. The van der Waals surface area contributed by atoms with Gasteiger partial charge in [-0.25, -0.2) is 0 Å². The standard InChI is InChI=1S/C18H30O4/c1-3-4-5-6-7-8-9-13-18(16(21)22)14-11-10-12-17(18,2)15(19)20/h10-11H,3-9,12-14H2,1-2H3,(H,19,20)(H,21,22). The third-order valence-electron chi connectivity index (χ3n) is 5.30. The van der Waals surface area contributed by atoms with Gasteiger partial charge in [-0.2, -0.15) is 0 Å². The highest BCUT2D eigenvalue weighted by molar-refractivity contribution is 5.87. The van der Waals surface area contributed by atoms with Crippen LogP contribution in [0.15, 0.2) is 12.2 Å². The van der Waals surface area contributed by atoms with Crippen LogP contribution in [0.5, 0.6) is 0 Å². The van der Waals surface area contributed by atoms with Crippen LogP contribution in [0.2, 0.25) is 0 Å². The first-order valence-corrected chi connectivity index (χ1v) is 8.52. The van der Waals surface area contributed by atoms with Crippen LogP contribution in [0, 0.1) is 10.8 Å². The minimum Gasteiger partial charge on any atom is -0.481 e. The fourth-order valence-electron chi connectivity index (χ4n) is 3.51. The van der Waals surface area contributed by atoms with Crippen molar-refractivity contribution in [2.45, 2.75) is 78.1 Å². The van der Waals surface area contributed by atoms with Crippen LogP contribution in [-0.2, 0) is 9.59 Å². The summed E-state index contributed by atoms with van der Waals surface area (Å²) in [6.45, 7) is 3.77. The molecule has 0 saturated carbocycles. The molecule has 0 radical (unpaired) electrons. The molecule has 4 nitrogen and oxygen atoms in total. The molecule has 1 aliphatic rings. The number of carbonyl (C=O) groups is 2.